The molecule has 0 aliphatic heterocycles. The number of non-ortho nitro benzene ring substituents is 1. The predicted molar refractivity (Wildman–Crippen MR) is 117 cm³/mol. The van der Waals surface area contributed by atoms with Crippen molar-refractivity contribution in [2.24, 2.45) is 29.6 Å². The van der Waals surface area contributed by atoms with E-state index in [1.807, 2.05) is 0 Å². The average Bonchev–Trinajstić information content (AvgIpc) is 2.62. The summed E-state index contributed by atoms with van der Waals surface area (Å²) in [5.41, 5.74) is 0.159. The molecule has 6 nitrogen and oxygen atoms in total. The predicted octanol–water partition coefficient (Wildman–Crippen LogP) is 4.15. The number of esters is 1. The van der Waals surface area contributed by atoms with Gasteiger partial charge in [-0.2, -0.15) is 0 Å². The van der Waals surface area contributed by atoms with Crippen LogP contribution in [0.25, 0.3) is 0 Å². The van der Waals surface area contributed by atoms with Crippen molar-refractivity contribution in [3.8, 4) is 0 Å². The number of hydrogen-bond acceptors (Lipinski definition) is 5. The lowest BCUT2D eigenvalue weighted by atomic mass is 9.57. The van der Waals surface area contributed by atoms with Gasteiger partial charge in [-0.3, -0.25) is 10.1 Å². The Kier molecular flexibility index (Phi) is 7.62. The number of benzene rings is 1. The highest BCUT2D eigenvalue weighted by atomic mass is 28.2. The quantitative estimate of drug-likeness (QED) is 0.259. The Bertz CT molecular complexity index is 702. The van der Waals surface area contributed by atoms with E-state index < -0.39 is 10.9 Å². The van der Waals surface area contributed by atoms with Gasteiger partial charge in [0.2, 0.25) is 0 Å². The molecule has 0 aromatic heterocycles. The van der Waals surface area contributed by atoms with Gasteiger partial charge in [0.05, 0.1) is 16.1 Å². The topological polar surface area (TPSA) is 78.7 Å². The summed E-state index contributed by atoms with van der Waals surface area (Å²) in [5, 5.41) is 10.8. The van der Waals surface area contributed by atoms with E-state index in [1.165, 1.54) is 24.3 Å². The van der Waals surface area contributed by atoms with Gasteiger partial charge in [0, 0.05) is 12.1 Å². The largest absolute Gasteiger partial charge is 0.459 e. The van der Waals surface area contributed by atoms with Crippen LogP contribution >= 0.6 is 0 Å². The van der Waals surface area contributed by atoms with Gasteiger partial charge >= 0.3 is 5.97 Å². The van der Waals surface area contributed by atoms with Crippen molar-refractivity contribution in [1.29, 1.82) is 0 Å². The van der Waals surface area contributed by atoms with E-state index in [0.29, 0.717) is 45.6 Å². The van der Waals surface area contributed by atoms with E-state index >= 15 is 0 Å². The SMILES string of the molecule is CC(C)C(C1CC(OC(=O)c2ccc([N+](=O)[O-])cc2)C1)C(O[SiH3])(C(C)C)C(C)C. The molecular weight excluding hydrogens is 386 g/mol. The lowest BCUT2D eigenvalue weighted by Crippen LogP contribution is -2.57. The Hall–Kier alpha value is -1.73. The Labute approximate surface area is 177 Å². The van der Waals surface area contributed by atoms with E-state index in [-0.39, 0.29) is 17.4 Å². The molecule has 29 heavy (non-hydrogen) atoms. The van der Waals surface area contributed by atoms with E-state index in [4.69, 9.17) is 9.16 Å². The summed E-state index contributed by atoms with van der Waals surface area (Å²) in [6.07, 6.45) is 1.58. The van der Waals surface area contributed by atoms with Gasteiger partial charge in [0.1, 0.15) is 16.6 Å². The van der Waals surface area contributed by atoms with Crippen LogP contribution in [0, 0.1) is 39.7 Å². The first-order valence-corrected chi connectivity index (χ1v) is 11.4. The van der Waals surface area contributed by atoms with Crippen molar-refractivity contribution in [2.45, 2.75) is 66.1 Å². The summed E-state index contributed by atoms with van der Waals surface area (Å²) in [4.78, 5) is 22.7. The van der Waals surface area contributed by atoms with Crippen LogP contribution in [0.3, 0.4) is 0 Å². The van der Waals surface area contributed by atoms with Crippen molar-refractivity contribution in [3.63, 3.8) is 0 Å². The number of hydrogen-bond donors (Lipinski definition) is 0. The normalized spacial score (nSPS) is 20.7. The fourth-order valence-electron chi connectivity index (χ4n) is 5.41. The number of nitro groups is 1. The number of ether oxygens (including phenoxy) is 1. The maximum atomic E-state index is 12.4. The van der Waals surface area contributed by atoms with Crippen LogP contribution in [-0.4, -0.2) is 33.1 Å². The smallest absolute Gasteiger partial charge is 0.338 e. The third kappa shape index (κ3) is 4.72. The fraction of sp³-hybridized carbons (Fsp3) is 0.682. The van der Waals surface area contributed by atoms with Crippen LogP contribution in [0.15, 0.2) is 24.3 Å². The molecule has 1 fully saturated rings. The summed E-state index contributed by atoms with van der Waals surface area (Å²) in [6, 6.07) is 5.56. The van der Waals surface area contributed by atoms with Crippen LogP contribution in [0.1, 0.15) is 64.7 Å². The van der Waals surface area contributed by atoms with Gasteiger partial charge < -0.3 is 9.16 Å². The summed E-state index contributed by atoms with van der Waals surface area (Å²) in [5.74, 6) is 1.76. The molecule has 1 saturated carbocycles. The molecule has 1 aliphatic carbocycles. The number of nitrogens with zero attached hydrogens (tertiary/aromatic N) is 1. The van der Waals surface area contributed by atoms with Gasteiger partial charge in [-0.1, -0.05) is 41.5 Å². The van der Waals surface area contributed by atoms with Crippen LogP contribution in [0.2, 0.25) is 0 Å². The van der Waals surface area contributed by atoms with Crippen molar-refractivity contribution in [3.05, 3.63) is 39.9 Å². The van der Waals surface area contributed by atoms with Gasteiger partial charge in [-0.25, -0.2) is 4.79 Å². The number of carbonyl (C=O) groups excluding carboxylic acids is 1. The van der Waals surface area contributed by atoms with Gasteiger partial charge in [-0.05, 0) is 54.6 Å². The van der Waals surface area contributed by atoms with E-state index in [2.05, 4.69) is 41.5 Å². The Morgan fingerprint density at radius 3 is 2.00 bits per heavy atom. The van der Waals surface area contributed by atoms with Gasteiger partial charge in [0.15, 0.2) is 0 Å². The summed E-state index contributed by atoms with van der Waals surface area (Å²) < 4.78 is 12.0. The average molecular weight is 422 g/mol. The number of nitro benzene ring substituents is 1. The van der Waals surface area contributed by atoms with Crippen LogP contribution < -0.4 is 0 Å². The molecular formula is C22H35NO5Si. The molecule has 1 atom stereocenters. The van der Waals surface area contributed by atoms with Crippen molar-refractivity contribution >= 4 is 22.1 Å². The van der Waals surface area contributed by atoms with Crippen molar-refractivity contribution in [2.75, 3.05) is 0 Å². The molecule has 1 unspecified atom stereocenters. The first-order valence-electron chi connectivity index (χ1n) is 10.5. The lowest BCUT2D eigenvalue weighted by Gasteiger charge is -2.55. The molecule has 0 bridgehead atoms. The number of rotatable bonds is 9. The maximum Gasteiger partial charge on any atom is 0.338 e. The van der Waals surface area contributed by atoms with Gasteiger partial charge in [-0.15, -0.1) is 0 Å². The van der Waals surface area contributed by atoms with Crippen LogP contribution in [-0.2, 0) is 9.16 Å². The van der Waals surface area contributed by atoms with Crippen LogP contribution in [0.5, 0.6) is 0 Å². The second-order valence-corrected chi connectivity index (χ2v) is 9.61. The summed E-state index contributed by atoms with van der Waals surface area (Å²) >= 11 is 0. The zero-order valence-corrected chi connectivity index (χ0v) is 20.7. The van der Waals surface area contributed by atoms with Crippen molar-refractivity contribution in [1.82, 2.24) is 0 Å². The molecule has 0 amide bonds. The standard InChI is InChI=1S/C22H35NO5Si/c1-13(2)20(22(28-29,14(3)4)15(5)6)17-11-19(12-17)27-21(24)16-7-9-18(10-8-16)23(25)26/h7-10,13-15,17,19-20H,11-12H2,1-6,29H3. The summed E-state index contributed by atoms with van der Waals surface area (Å²) in [6.45, 7) is 13.5. The zero-order valence-electron chi connectivity index (χ0n) is 18.7. The zero-order chi connectivity index (χ0) is 21.9. The third-order valence-corrected chi connectivity index (χ3v) is 7.33. The highest BCUT2D eigenvalue weighted by Crippen LogP contribution is 2.50. The van der Waals surface area contributed by atoms with Gasteiger partial charge in [0.25, 0.3) is 5.69 Å². The molecule has 0 radical (unpaired) electrons. The van der Waals surface area contributed by atoms with Crippen molar-refractivity contribution < 1.29 is 18.9 Å². The van der Waals surface area contributed by atoms with Crippen LogP contribution in [0.4, 0.5) is 5.69 Å². The minimum atomic E-state index is -0.480. The molecule has 2 rings (SSSR count). The monoisotopic (exact) mass is 421 g/mol. The summed E-state index contributed by atoms with van der Waals surface area (Å²) in [7, 11) is 0.698. The second-order valence-electron chi connectivity index (χ2n) is 9.20. The molecule has 1 aromatic rings. The molecule has 1 aliphatic rings. The minimum Gasteiger partial charge on any atom is -0.459 e. The number of carbonyl (C=O) groups is 1. The molecule has 7 heteroatoms. The molecule has 162 valence electrons. The van der Waals surface area contributed by atoms with E-state index in [0.717, 1.165) is 12.8 Å². The highest BCUT2D eigenvalue weighted by Gasteiger charge is 2.52. The minimum absolute atomic E-state index is 0.0353. The Balaban J connectivity index is 2.05. The van der Waals surface area contributed by atoms with E-state index in [9.17, 15) is 14.9 Å². The highest BCUT2D eigenvalue weighted by molar-refractivity contribution is 5.98. The fourth-order valence-corrected chi connectivity index (χ4v) is 6.63. The molecule has 0 spiro atoms. The molecule has 0 heterocycles. The first-order chi connectivity index (χ1) is 13.5. The molecule has 0 saturated heterocycles. The lowest BCUT2D eigenvalue weighted by molar-refractivity contribution is -0.384. The van der Waals surface area contributed by atoms with E-state index in [1.54, 1.807) is 0 Å². The Morgan fingerprint density at radius 2 is 1.62 bits per heavy atom. The third-order valence-electron chi connectivity index (χ3n) is 6.62. The molecule has 0 N–H and O–H groups in total. The first kappa shape index (κ1) is 23.5. The maximum absolute atomic E-state index is 12.4. The molecule has 1 aromatic carbocycles. The second kappa shape index (κ2) is 9.39. The Morgan fingerprint density at radius 1 is 1.10 bits per heavy atom.